The third-order valence-electron chi connectivity index (χ3n) is 3.51. The zero-order chi connectivity index (χ0) is 15.2. The summed E-state index contributed by atoms with van der Waals surface area (Å²) in [4.78, 5) is 4.23. The highest BCUT2D eigenvalue weighted by atomic mass is 15.3. The van der Waals surface area contributed by atoms with E-state index in [4.69, 9.17) is 0 Å². The maximum Gasteiger partial charge on any atom is 0.191 e. The quantitative estimate of drug-likeness (QED) is 0.624. The number of aliphatic imine (C=N–C) groups is 1. The molecule has 2 aromatic heterocycles. The van der Waals surface area contributed by atoms with Crippen molar-refractivity contribution in [2.45, 2.75) is 26.9 Å². The average molecular weight is 289 g/mol. The van der Waals surface area contributed by atoms with Crippen molar-refractivity contribution in [1.82, 2.24) is 30.2 Å². The van der Waals surface area contributed by atoms with E-state index in [0.717, 1.165) is 24.7 Å². The van der Waals surface area contributed by atoms with E-state index < -0.39 is 0 Å². The summed E-state index contributed by atoms with van der Waals surface area (Å²) in [5, 5.41) is 15.2. The summed E-state index contributed by atoms with van der Waals surface area (Å²) < 4.78 is 3.79. The average Bonchev–Trinajstić information content (AvgIpc) is 3.05. The molecule has 0 spiro atoms. The molecule has 0 unspecified atom stereocenters. The minimum absolute atomic E-state index is 0.715. The number of rotatable bonds is 5. The Balaban J connectivity index is 1.82. The van der Waals surface area contributed by atoms with Gasteiger partial charge >= 0.3 is 0 Å². The lowest BCUT2D eigenvalue weighted by molar-refractivity contribution is 0.597. The SMILES string of the molecule is CN=C(NCCn1cccn1)NCc1c(C)nn(C)c1C. The summed E-state index contributed by atoms with van der Waals surface area (Å²) in [6.45, 7) is 6.39. The Bertz CT molecular complexity index is 595. The molecule has 0 aliphatic heterocycles. The molecule has 0 aromatic carbocycles. The van der Waals surface area contributed by atoms with Gasteiger partial charge in [0.1, 0.15) is 0 Å². The van der Waals surface area contributed by atoms with Gasteiger partial charge in [0, 0.05) is 50.8 Å². The first-order valence-electron chi connectivity index (χ1n) is 7.03. The molecule has 0 aliphatic rings. The first kappa shape index (κ1) is 15.1. The lowest BCUT2D eigenvalue weighted by atomic mass is 10.2. The van der Waals surface area contributed by atoms with Crippen molar-refractivity contribution in [3.63, 3.8) is 0 Å². The lowest BCUT2D eigenvalue weighted by Crippen LogP contribution is -2.38. The fraction of sp³-hybridized carbons (Fsp3) is 0.500. The fourth-order valence-corrected chi connectivity index (χ4v) is 2.19. The molecule has 0 atom stereocenters. The smallest absolute Gasteiger partial charge is 0.191 e. The lowest BCUT2D eigenvalue weighted by Gasteiger charge is -2.12. The van der Waals surface area contributed by atoms with Crippen molar-refractivity contribution in [2.24, 2.45) is 12.0 Å². The van der Waals surface area contributed by atoms with Crippen LogP contribution in [0.2, 0.25) is 0 Å². The zero-order valence-corrected chi connectivity index (χ0v) is 13.1. The minimum atomic E-state index is 0.715. The van der Waals surface area contributed by atoms with Gasteiger partial charge in [-0.1, -0.05) is 0 Å². The number of aryl methyl sites for hydroxylation is 2. The highest BCUT2D eigenvalue weighted by Crippen LogP contribution is 2.10. The van der Waals surface area contributed by atoms with Gasteiger partial charge in [-0.05, 0) is 19.9 Å². The first-order chi connectivity index (χ1) is 10.1. The van der Waals surface area contributed by atoms with Gasteiger partial charge in [-0.3, -0.25) is 14.4 Å². The van der Waals surface area contributed by atoms with E-state index >= 15 is 0 Å². The van der Waals surface area contributed by atoms with Crippen LogP contribution in [-0.4, -0.2) is 39.1 Å². The summed E-state index contributed by atoms with van der Waals surface area (Å²) in [6.07, 6.45) is 3.72. The van der Waals surface area contributed by atoms with Crippen molar-refractivity contribution in [1.29, 1.82) is 0 Å². The minimum Gasteiger partial charge on any atom is -0.355 e. The molecule has 7 nitrogen and oxygen atoms in total. The molecule has 0 radical (unpaired) electrons. The van der Waals surface area contributed by atoms with Crippen LogP contribution in [0.15, 0.2) is 23.5 Å². The molecule has 2 aromatic rings. The van der Waals surface area contributed by atoms with E-state index in [1.807, 2.05) is 35.6 Å². The van der Waals surface area contributed by atoms with Crippen LogP contribution < -0.4 is 10.6 Å². The molecule has 2 heterocycles. The molecule has 21 heavy (non-hydrogen) atoms. The van der Waals surface area contributed by atoms with Gasteiger partial charge in [-0.2, -0.15) is 10.2 Å². The molecule has 114 valence electrons. The van der Waals surface area contributed by atoms with Crippen molar-refractivity contribution < 1.29 is 0 Å². The standard InChI is InChI=1S/C14H23N7/c1-11-13(12(2)20(4)19-11)10-17-14(15-3)16-7-9-21-8-5-6-18-21/h5-6,8H,7,9-10H2,1-4H3,(H2,15,16,17). The van der Waals surface area contributed by atoms with E-state index in [1.54, 1.807) is 13.2 Å². The molecule has 2 rings (SSSR count). The summed E-state index contributed by atoms with van der Waals surface area (Å²) in [7, 11) is 3.73. The van der Waals surface area contributed by atoms with Crippen LogP contribution in [0, 0.1) is 13.8 Å². The van der Waals surface area contributed by atoms with Crippen LogP contribution in [0.5, 0.6) is 0 Å². The Morgan fingerprint density at radius 3 is 2.71 bits per heavy atom. The second-order valence-corrected chi connectivity index (χ2v) is 4.89. The van der Waals surface area contributed by atoms with E-state index in [2.05, 4.69) is 32.7 Å². The van der Waals surface area contributed by atoms with Crippen molar-refractivity contribution in [2.75, 3.05) is 13.6 Å². The zero-order valence-electron chi connectivity index (χ0n) is 13.1. The highest BCUT2D eigenvalue weighted by molar-refractivity contribution is 5.79. The van der Waals surface area contributed by atoms with Gasteiger partial charge in [0.25, 0.3) is 0 Å². The molecule has 0 saturated carbocycles. The Morgan fingerprint density at radius 2 is 2.14 bits per heavy atom. The predicted octanol–water partition coefficient (Wildman–Crippen LogP) is 0.599. The Hall–Kier alpha value is -2.31. The Labute approximate surface area is 125 Å². The van der Waals surface area contributed by atoms with E-state index in [-0.39, 0.29) is 0 Å². The number of hydrogen-bond acceptors (Lipinski definition) is 3. The van der Waals surface area contributed by atoms with Gasteiger partial charge in [0.15, 0.2) is 5.96 Å². The maximum absolute atomic E-state index is 4.42. The van der Waals surface area contributed by atoms with Gasteiger partial charge in [0.2, 0.25) is 0 Å². The van der Waals surface area contributed by atoms with E-state index in [9.17, 15) is 0 Å². The molecular formula is C14H23N7. The number of nitrogens with zero attached hydrogens (tertiary/aromatic N) is 5. The molecule has 0 amide bonds. The van der Waals surface area contributed by atoms with Gasteiger partial charge < -0.3 is 10.6 Å². The number of nitrogens with one attached hydrogen (secondary N) is 2. The largest absolute Gasteiger partial charge is 0.355 e. The van der Waals surface area contributed by atoms with Crippen LogP contribution in [-0.2, 0) is 20.1 Å². The Kier molecular flexibility index (Phi) is 4.97. The summed E-state index contributed by atoms with van der Waals surface area (Å²) in [5.74, 6) is 0.782. The molecule has 0 fully saturated rings. The van der Waals surface area contributed by atoms with Gasteiger partial charge in [-0.15, -0.1) is 0 Å². The molecular weight excluding hydrogens is 266 g/mol. The van der Waals surface area contributed by atoms with Crippen LogP contribution in [0.3, 0.4) is 0 Å². The number of aromatic nitrogens is 4. The Morgan fingerprint density at radius 1 is 1.33 bits per heavy atom. The second-order valence-electron chi connectivity index (χ2n) is 4.89. The topological polar surface area (TPSA) is 72.1 Å². The molecule has 0 aliphatic carbocycles. The number of hydrogen-bond donors (Lipinski definition) is 2. The molecule has 2 N–H and O–H groups in total. The molecule has 0 bridgehead atoms. The van der Waals surface area contributed by atoms with Crippen molar-refractivity contribution in [3.8, 4) is 0 Å². The monoisotopic (exact) mass is 289 g/mol. The third kappa shape index (κ3) is 3.84. The third-order valence-corrected chi connectivity index (χ3v) is 3.51. The molecule has 7 heteroatoms. The van der Waals surface area contributed by atoms with Crippen LogP contribution in [0.1, 0.15) is 17.0 Å². The number of guanidine groups is 1. The summed E-state index contributed by atoms with van der Waals surface area (Å²) >= 11 is 0. The predicted molar refractivity (Wildman–Crippen MR) is 83.1 cm³/mol. The van der Waals surface area contributed by atoms with E-state index in [1.165, 1.54) is 11.3 Å². The van der Waals surface area contributed by atoms with E-state index in [0.29, 0.717) is 6.54 Å². The summed E-state index contributed by atoms with van der Waals surface area (Å²) in [5.41, 5.74) is 3.44. The highest BCUT2D eigenvalue weighted by Gasteiger charge is 2.09. The van der Waals surface area contributed by atoms with Crippen LogP contribution in [0.4, 0.5) is 0 Å². The van der Waals surface area contributed by atoms with Crippen LogP contribution in [0.25, 0.3) is 0 Å². The maximum atomic E-state index is 4.42. The van der Waals surface area contributed by atoms with Crippen molar-refractivity contribution in [3.05, 3.63) is 35.4 Å². The van der Waals surface area contributed by atoms with Gasteiger partial charge in [0.05, 0.1) is 12.2 Å². The van der Waals surface area contributed by atoms with Crippen molar-refractivity contribution >= 4 is 5.96 Å². The van der Waals surface area contributed by atoms with Gasteiger partial charge in [-0.25, -0.2) is 0 Å². The first-order valence-corrected chi connectivity index (χ1v) is 7.03. The summed E-state index contributed by atoms with van der Waals surface area (Å²) in [6, 6.07) is 1.92. The normalized spacial score (nSPS) is 11.7. The van der Waals surface area contributed by atoms with Crippen LogP contribution >= 0.6 is 0 Å². The fourth-order valence-electron chi connectivity index (χ4n) is 2.19. The molecule has 0 saturated heterocycles. The second kappa shape index (κ2) is 6.92.